The van der Waals surface area contributed by atoms with Gasteiger partial charge in [0, 0.05) is 6.92 Å². The van der Waals surface area contributed by atoms with Crippen LogP contribution in [0.1, 0.15) is 20.8 Å². The fourth-order valence-electron chi connectivity index (χ4n) is 4.25. The van der Waals surface area contributed by atoms with E-state index in [1.165, 1.54) is 13.8 Å². The topological polar surface area (TPSA) is 217 Å². The minimum atomic E-state index is -1.65. The van der Waals surface area contributed by atoms with E-state index in [4.69, 9.17) is 23.7 Å². The SMILES string of the molecule is CC(=O)N[C@H]1C(O)[C@H](O)C(CO[C@@H]2OC(C)[C@H](O)C(O)[C@@H]2O[C@@H]2OC[C@@H](O)C(O)[C@@H]2O)O[C@H]1C. The van der Waals surface area contributed by atoms with E-state index in [-0.39, 0.29) is 13.2 Å². The molecule has 5 unspecified atom stereocenters. The van der Waals surface area contributed by atoms with Crippen molar-refractivity contribution in [3.05, 3.63) is 0 Å². The molecule has 14 heteroatoms. The van der Waals surface area contributed by atoms with Gasteiger partial charge in [-0.15, -0.1) is 0 Å². The third-order valence-corrected chi connectivity index (χ3v) is 6.32. The molecule has 3 saturated heterocycles. The Morgan fingerprint density at radius 3 is 2.18 bits per heavy atom. The van der Waals surface area contributed by atoms with Gasteiger partial charge >= 0.3 is 0 Å². The Morgan fingerprint density at radius 2 is 1.53 bits per heavy atom. The number of carbonyl (C=O) groups excluding carboxylic acids is 1. The van der Waals surface area contributed by atoms with Crippen LogP contribution in [0.3, 0.4) is 0 Å². The second-order valence-corrected chi connectivity index (χ2v) is 8.96. The van der Waals surface area contributed by atoms with E-state index in [2.05, 4.69) is 5.32 Å². The summed E-state index contributed by atoms with van der Waals surface area (Å²) in [6.45, 7) is 3.70. The van der Waals surface area contributed by atoms with Crippen LogP contribution in [0.15, 0.2) is 0 Å². The maximum atomic E-state index is 11.4. The minimum Gasteiger partial charge on any atom is -0.388 e. The standard InChI is InChI=1S/C20H35NO13/c1-6-11(21-8(3)22)15(27)14(26)10(32-6)5-31-20-18(16(28)12(24)7(2)33-20)34-19-17(29)13(25)9(23)4-30-19/h6-7,9-20,23-29H,4-5H2,1-3H3,(H,21,22)/t6-,7?,9+,10?,11+,12-,13?,14+,15?,16?,17-,18-,19-,20+/m0/s1. The monoisotopic (exact) mass is 497 g/mol. The van der Waals surface area contributed by atoms with Crippen molar-refractivity contribution in [3.63, 3.8) is 0 Å². The Labute approximate surface area is 195 Å². The van der Waals surface area contributed by atoms with Crippen molar-refractivity contribution in [2.75, 3.05) is 13.2 Å². The first-order valence-corrected chi connectivity index (χ1v) is 11.2. The summed E-state index contributed by atoms with van der Waals surface area (Å²) in [4.78, 5) is 11.4. The second-order valence-electron chi connectivity index (χ2n) is 8.96. The molecule has 0 aromatic carbocycles. The molecule has 0 spiro atoms. The highest BCUT2D eigenvalue weighted by Gasteiger charge is 2.49. The highest BCUT2D eigenvalue weighted by molar-refractivity contribution is 5.73. The van der Waals surface area contributed by atoms with Crippen LogP contribution in [0.5, 0.6) is 0 Å². The summed E-state index contributed by atoms with van der Waals surface area (Å²) in [7, 11) is 0. The van der Waals surface area contributed by atoms with Crippen molar-refractivity contribution >= 4 is 5.91 Å². The molecule has 0 radical (unpaired) electrons. The fourth-order valence-corrected chi connectivity index (χ4v) is 4.25. The zero-order chi connectivity index (χ0) is 25.3. The number of hydrogen-bond acceptors (Lipinski definition) is 13. The highest BCUT2D eigenvalue weighted by Crippen LogP contribution is 2.29. The van der Waals surface area contributed by atoms with E-state index in [0.29, 0.717) is 0 Å². The zero-order valence-corrected chi connectivity index (χ0v) is 19.1. The molecule has 0 bridgehead atoms. The zero-order valence-electron chi connectivity index (χ0n) is 19.1. The average molecular weight is 497 g/mol. The van der Waals surface area contributed by atoms with Gasteiger partial charge < -0.3 is 64.7 Å². The Balaban J connectivity index is 1.67. The van der Waals surface area contributed by atoms with Crippen LogP contribution in [0, 0.1) is 0 Å². The quantitative estimate of drug-likeness (QED) is 0.173. The van der Waals surface area contributed by atoms with Crippen LogP contribution in [0.25, 0.3) is 0 Å². The Morgan fingerprint density at radius 1 is 0.853 bits per heavy atom. The number of carbonyl (C=O) groups is 1. The minimum absolute atomic E-state index is 0.329. The van der Waals surface area contributed by atoms with Gasteiger partial charge in [-0.3, -0.25) is 4.79 Å². The summed E-state index contributed by atoms with van der Waals surface area (Å²) < 4.78 is 27.7. The van der Waals surface area contributed by atoms with Crippen molar-refractivity contribution in [3.8, 4) is 0 Å². The third-order valence-electron chi connectivity index (χ3n) is 6.32. The molecule has 3 heterocycles. The number of aliphatic hydroxyl groups is 7. The Hall–Kier alpha value is -1.01. The number of amides is 1. The first kappa shape index (κ1) is 27.6. The average Bonchev–Trinajstić information content (AvgIpc) is 2.78. The van der Waals surface area contributed by atoms with Crippen LogP contribution in [0.4, 0.5) is 0 Å². The van der Waals surface area contributed by atoms with Gasteiger partial charge in [0.05, 0.1) is 31.5 Å². The molecule has 34 heavy (non-hydrogen) atoms. The number of hydrogen-bond donors (Lipinski definition) is 8. The van der Waals surface area contributed by atoms with Crippen LogP contribution < -0.4 is 5.32 Å². The summed E-state index contributed by atoms with van der Waals surface area (Å²) >= 11 is 0. The van der Waals surface area contributed by atoms with Gasteiger partial charge in [0.1, 0.15) is 54.9 Å². The lowest BCUT2D eigenvalue weighted by molar-refractivity contribution is -0.357. The lowest BCUT2D eigenvalue weighted by Gasteiger charge is -2.45. The lowest BCUT2D eigenvalue weighted by atomic mass is 9.93. The maximum Gasteiger partial charge on any atom is 0.217 e. The molecular formula is C20H35NO13. The maximum absolute atomic E-state index is 11.4. The molecule has 14 atom stereocenters. The first-order valence-electron chi connectivity index (χ1n) is 11.2. The van der Waals surface area contributed by atoms with Gasteiger partial charge in [0.2, 0.25) is 5.91 Å². The van der Waals surface area contributed by atoms with Gasteiger partial charge in [-0.2, -0.15) is 0 Å². The summed E-state index contributed by atoms with van der Waals surface area (Å²) in [6, 6.07) is -0.838. The van der Waals surface area contributed by atoms with Gasteiger partial charge in [0.25, 0.3) is 0 Å². The number of rotatable bonds is 6. The predicted molar refractivity (Wildman–Crippen MR) is 109 cm³/mol. The summed E-state index contributed by atoms with van der Waals surface area (Å²) in [5, 5.41) is 73.8. The second kappa shape index (κ2) is 11.4. The fraction of sp³-hybridized carbons (Fsp3) is 0.950. The van der Waals surface area contributed by atoms with Crippen LogP contribution in [-0.4, -0.2) is 141 Å². The lowest BCUT2D eigenvalue weighted by Crippen LogP contribution is -2.64. The molecule has 3 aliphatic rings. The molecule has 3 rings (SSSR count). The van der Waals surface area contributed by atoms with Crippen molar-refractivity contribution in [1.82, 2.24) is 5.32 Å². The Bertz CT molecular complexity index is 685. The predicted octanol–water partition coefficient (Wildman–Crippen LogP) is -4.69. The molecular weight excluding hydrogens is 462 g/mol. The molecule has 0 saturated carbocycles. The van der Waals surface area contributed by atoms with E-state index in [0.717, 1.165) is 0 Å². The van der Waals surface area contributed by atoms with Crippen LogP contribution in [-0.2, 0) is 28.5 Å². The van der Waals surface area contributed by atoms with Gasteiger partial charge in [-0.25, -0.2) is 0 Å². The smallest absolute Gasteiger partial charge is 0.217 e. The molecule has 198 valence electrons. The van der Waals surface area contributed by atoms with Crippen molar-refractivity contribution in [2.24, 2.45) is 0 Å². The van der Waals surface area contributed by atoms with Crippen molar-refractivity contribution < 1.29 is 64.2 Å². The van der Waals surface area contributed by atoms with E-state index in [1.54, 1.807) is 6.92 Å². The van der Waals surface area contributed by atoms with E-state index < -0.39 is 91.7 Å². The molecule has 0 aliphatic carbocycles. The normalized spacial score (nSPS) is 50.1. The summed E-state index contributed by atoms with van der Waals surface area (Å²) in [5.74, 6) is -0.400. The molecule has 3 aliphatic heterocycles. The van der Waals surface area contributed by atoms with E-state index >= 15 is 0 Å². The van der Waals surface area contributed by atoms with Crippen molar-refractivity contribution in [1.29, 1.82) is 0 Å². The van der Waals surface area contributed by atoms with Crippen LogP contribution >= 0.6 is 0 Å². The highest BCUT2D eigenvalue weighted by atomic mass is 16.8. The van der Waals surface area contributed by atoms with Gasteiger partial charge in [-0.1, -0.05) is 0 Å². The third kappa shape index (κ3) is 5.86. The molecule has 14 nitrogen and oxygen atoms in total. The number of nitrogens with one attached hydrogen (secondary N) is 1. The van der Waals surface area contributed by atoms with E-state index in [9.17, 15) is 40.5 Å². The molecule has 1 amide bonds. The molecule has 3 fully saturated rings. The Kier molecular flexibility index (Phi) is 9.22. The van der Waals surface area contributed by atoms with Gasteiger partial charge in [-0.05, 0) is 13.8 Å². The van der Waals surface area contributed by atoms with Gasteiger partial charge in [0.15, 0.2) is 12.6 Å². The molecule has 8 N–H and O–H groups in total. The van der Waals surface area contributed by atoms with Crippen LogP contribution in [0.2, 0.25) is 0 Å². The molecule has 0 aromatic heterocycles. The summed E-state index contributed by atoms with van der Waals surface area (Å²) in [6.07, 6.45) is -17.0. The number of ether oxygens (including phenoxy) is 5. The largest absolute Gasteiger partial charge is 0.388 e. The number of aliphatic hydroxyl groups excluding tert-OH is 7. The first-order chi connectivity index (χ1) is 15.9. The van der Waals surface area contributed by atoms with E-state index in [1.807, 2.05) is 0 Å². The summed E-state index contributed by atoms with van der Waals surface area (Å²) in [5.41, 5.74) is 0. The van der Waals surface area contributed by atoms with Crippen molar-refractivity contribution in [2.45, 2.75) is 107 Å². The molecule has 0 aromatic rings.